The number of halogens is 2. The summed E-state index contributed by atoms with van der Waals surface area (Å²) in [6, 6.07) is 5.08. The highest BCUT2D eigenvalue weighted by Gasteiger charge is 2.18. The van der Waals surface area contributed by atoms with Gasteiger partial charge < -0.3 is 11.5 Å². The first-order valence-electron chi connectivity index (χ1n) is 3.51. The van der Waals surface area contributed by atoms with Crippen molar-refractivity contribution in [3.8, 4) is 0 Å². The first-order chi connectivity index (χ1) is 5.63. The third-order valence-corrected chi connectivity index (χ3v) is 1.63. The molecule has 1 aromatic rings. The van der Waals surface area contributed by atoms with Gasteiger partial charge in [0.25, 0.3) is 6.43 Å². The van der Waals surface area contributed by atoms with Gasteiger partial charge in [0.1, 0.15) is 0 Å². The van der Waals surface area contributed by atoms with Gasteiger partial charge in [0, 0.05) is 5.69 Å². The molecule has 0 saturated carbocycles. The monoisotopic (exact) mass is 172 g/mol. The molecule has 0 aliphatic carbocycles. The van der Waals surface area contributed by atoms with Crippen LogP contribution in [0, 0.1) is 0 Å². The Kier molecular flexibility index (Phi) is 2.60. The minimum atomic E-state index is -2.57. The smallest absolute Gasteiger partial charge is 0.257 e. The molecule has 1 atom stereocenters. The van der Waals surface area contributed by atoms with Crippen LogP contribution in [-0.4, -0.2) is 6.43 Å². The van der Waals surface area contributed by atoms with Gasteiger partial charge in [-0.25, -0.2) is 8.78 Å². The maximum Gasteiger partial charge on any atom is 0.257 e. The van der Waals surface area contributed by atoms with Gasteiger partial charge in [-0.05, 0) is 11.6 Å². The molecule has 4 heteroatoms. The number of anilines is 1. The molecule has 0 amide bonds. The van der Waals surface area contributed by atoms with E-state index in [-0.39, 0.29) is 0 Å². The molecular weight excluding hydrogens is 162 g/mol. The number of rotatable bonds is 2. The fourth-order valence-corrected chi connectivity index (χ4v) is 0.950. The van der Waals surface area contributed by atoms with Crippen molar-refractivity contribution in [2.75, 3.05) is 5.73 Å². The van der Waals surface area contributed by atoms with Gasteiger partial charge >= 0.3 is 0 Å². The van der Waals surface area contributed by atoms with Gasteiger partial charge in [-0.15, -0.1) is 0 Å². The van der Waals surface area contributed by atoms with E-state index in [2.05, 4.69) is 0 Å². The number of benzene rings is 1. The third-order valence-electron chi connectivity index (χ3n) is 1.63. The van der Waals surface area contributed by atoms with Crippen molar-refractivity contribution < 1.29 is 8.78 Å². The van der Waals surface area contributed by atoms with Gasteiger partial charge in [-0.2, -0.15) is 0 Å². The Bertz CT molecular complexity index is 263. The van der Waals surface area contributed by atoms with Crippen LogP contribution in [0.4, 0.5) is 14.5 Å². The Morgan fingerprint density at radius 2 is 1.75 bits per heavy atom. The van der Waals surface area contributed by atoms with Crippen molar-refractivity contribution in [2.24, 2.45) is 5.73 Å². The number of para-hydroxylation sites is 1. The molecule has 0 aliphatic rings. The molecule has 1 rings (SSSR count). The largest absolute Gasteiger partial charge is 0.398 e. The van der Waals surface area contributed by atoms with Gasteiger partial charge in [-0.3, -0.25) is 0 Å². The lowest BCUT2D eigenvalue weighted by molar-refractivity contribution is 0.116. The number of nitrogen functional groups attached to an aromatic ring is 1. The Balaban J connectivity index is 2.94. The van der Waals surface area contributed by atoms with Crippen molar-refractivity contribution in [1.82, 2.24) is 0 Å². The van der Waals surface area contributed by atoms with Crippen molar-refractivity contribution in [3.63, 3.8) is 0 Å². The fourth-order valence-electron chi connectivity index (χ4n) is 0.950. The number of alkyl halides is 2. The normalized spacial score (nSPS) is 13.3. The highest BCUT2D eigenvalue weighted by molar-refractivity contribution is 5.48. The lowest BCUT2D eigenvalue weighted by Crippen LogP contribution is -2.20. The van der Waals surface area contributed by atoms with Crippen LogP contribution in [0.2, 0.25) is 0 Å². The first kappa shape index (κ1) is 8.93. The molecule has 0 radical (unpaired) electrons. The molecular formula is C8H10F2N2. The van der Waals surface area contributed by atoms with Crippen LogP contribution in [0.3, 0.4) is 0 Å². The molecule has 0 saturated heterocycles. The summed E-state index contributed by atoms with van der Waals surface area (Å²) in [5.74, 6) is 0. The van der Waals surface area contributed by atoms with Crippen molar-refractivity contribution in [1.29, 1.82) is 0 Å². The zero-order valence-corrected chi connectivity index (χ0v) is 6.37. The number of nitrogens with two attached hydrogens (primary N) is 2. The van der Waals surface area contributed by atoms with E-state index in [1.54, 1.807) is 18.2 Å². The van der Waals surface area contributed by atoms with Gasteiger partial charge in [0.15, 0.2) is 0 Å². The molecule has 2 nitrogen and oxygen atoms in total. The SMILES string of the molecule is Nc1ccccc1C(N)C(F)F. The lowest BCUT2D eigenvalue weighted by atomic mass is 10.1. The van der Waals surface area contributed by atoms with E-state index in [1.165, 1.54) is 6.07 Å². The standard InChI is InChI=1S/C8H10F2N2/c9-8(10)7(12)5-3-1-2-4-6(5)11/h1-4,7-8H,11-12H2. The van der Waals surface area contributed by atoms with E-state index in [0.29, 0.717) is 11.3 Å². The molecule has 0 heterocycles. The highest BCUT2D eigenvalue weighted by atomic mass is 19.3. The quantitative estimate of drug-likeness (QED) is 0.665. The second kappa shape index (κ2) is 3.49. The molecule has 0 fully saturated rings. The van der Waals surface area contributed by atoms with E-state index in [1.807, 2.05) is 0 Å². The van der Waals surface area contributed by atoms with Crippen molar-refractivity contribution in [2.45, 2.75) is 12.5 Å². The summed E-state index contributed by atoms with van der Waals surface area (Å²) >= 11 is 0. The van der Waals surface area contributed by atoms with Crippen LogP contribution in [0.1, 0.15) is 11.6 Å². The van der Waals surface area contributed by atoms with Crippen LogP contribution < -0.4 is 11.5 Å². The summed E-state index contributed by atoms with van der Waals surface area (Å²) in [6.45, 7) is 0. The van der Waals surface area contributed by atoms with Crippen LogP contribution >= 0.6 is 0 Å². The van der Waals surface area contributed by atoms with E-state index < -0.39 is 12.5 Å². The second-order valence-corrected chi connectivity index (χ2v) is 2.49. The zero-order chi connectivity index (χ0) is 9.14. The highest BCUT2D eigenvalue weighted by Crippen LogP contribution is 2.22. The minimum absolute atomic E-state index is 0.299. The topological polar surface area (TPSA) is 52.0 Å². The average molecular weight is 172 g/mol. The van der Waals surface area contributed by atoms with Crippen LogP contribution in [0.5, 0.6) is 0 Å². The summed E-state index contributed by atoms with van der Waals surface area (Å²) in [4.78, 5) is 0. The van der Waals surface area contributed by atoms with Crippen LogP contribution in [0.15, 0.2) is 24.3 Å². The van der Waals surface area contributed by atoms with Gasteiger partial charge in [0.05, 0.1) is 6.04 Å². The molecule has 0 spiro atoms. The molecule has 1 unspecified atom stereocenters. The summed E-state index contributed by atoms with van der Waals surface area (Å²) < 4.78 is 24.2. The van der Waals surface area contributed by atoms with Crippen molar-refractivity contribution in [3.05, 3.63) is 29.8 Å². The molecule has 4 N–H and O–H groups in total. The summed E-state index contributed by atoms with van der Waals surface area (Å²) in [6.07, 6.45) is -2.57. The van der Waals surface area contributed by atoms with E-state index in [0.717, 1.165) is 0 Å². The number of hydrogen-bond acceptors (Lipinski definition) is 2. The van der Waals surface area contributed by atoms with Crippen LogP contribution in [-0.2, 0) is 0 Å². The van der Waals surface area contributed by atoms with E-state index in [4.69, 9.17) is 11.5 Å². The molecule has 0 aromatic heterocycles. The Morgan fingerprint density at radius 3 is 2.25 bits per heavy atom. The molecule has 66 valence electrons. The Hall–Kier alpha value is -1.16. The molecule has 0 bridgehead atoms. The maximum atomic E-state index is 12.1. The summed E-state index contributed by atoms with van der Waals surface area (Å²) in [5.41, 5.74) is 11.3. The third kappa shape index (κ3) is 1.71. The molecule has 0 aliphatic heterocycles. The average Bonchev–Trinajstić information content (AvgIpc) is 2.04. The summed E-state index contributed by atoms with van der Waals surface area (Å²) in [7, 11) is 0. The fraction of sp³-hybridized carbons (Fsp3) is 0.250. The van der Waals surface area contributed by atoms with Crippen molar-refractivity contribution >= 4 is 5.69 Å². The predicted molar refractivity (Wildman–Crippen MR) is 43.8 cm³/mol. The maximum absolute atomic E-state index is 12.1. The second-order valence-electron chi connectivity index (χ2n) is 2.49. The first-order valence-corrected chi connectivity index (χ1v) is 3.51. The van der Waals surface area contributed by atoms with Gasteiger partial charge in [0.2, 0.25) is 0 Å². The van der Waals surface area contributed by atoms with Gasteiger partial charge in [-0.1, -0.05) is 18.2 Å². The predicted octanol–water partition coefficient (Wildman–Crippen LogP) is 1.53. The van der Waals surface area contributed by atoms with Crippen LogP contribution in [0.25, 0.3) is 0 Å². The van der Waals surface area contributed by atoms with E-state index in [9.17, 15) is 8.78 Å². The van der Waals surface area contributed by atoms with E-state index >= 15 is 0 Å². The summed E-state index contributed by atoms with van der Waals surface area (Å²) in [5, 5.41) is 0. The zero-order valence-electron chi connectivity index (χ0n) is 6.37. The Morgan fingerprint density at radius 1 is 1.17 bits per heavy atom. The molecule has 1 aromatic carbocycles. The lowest BCUT2D eigenvalue weighted by Gasteiger charge is -2.12. The Labute approximate surface area is 69.2 Å². The number of hydrogen-bond donors (Lipinski definition) is 2. The minimum Gasteiger partial charge on any atom is -0.398 e. The molecule has 12 heavy (non-hydrogen) atoms.